The van der Waals surface area contributed by atoms with Gasteiger partial charge in [0.15, 0.2) is 0 Å². The van der Waals surface area contributed by atoms with Crippen molar-refractivity contribution in [2.75, 3.05) is 19.6 Å². The predicted octanol–water partition coefficient (Wildman–Crippen LogP) is 1.05. The molecule has 0 aromatic rings. The van der Waals surface area contributed by atoms with Crippen molar-refractivity contribution in [2.24, 2.45) is 0 Å². The molecule has 0 saturated heterocycles. The number of hydrogen-bond donors (Lipinski definition) is 0. The molecule has 0 atom stereocenters. The minimum absolute atomic E-state index is 0.184. The average molecular weight is 158 g/mol. The Bertz CT molecular complexity index is 111. The van der Waals surface area contributed by atoms with Gasteiger partial charge < -0.3 is 4.74 Å². The van der Waals surface area contributed by atoms with Crippen LogP contribution in [-0.4, -0.2) is 30.5 Å². The molecule has 0 rings (SSSR count). The van der Waals surface area contributed by atoms with E-state index in [2.05, 4.69) is 4.74 Å². The summed E-state index contributed by atoms with van der Waals surface area (Å²) in [7, 11) is 0. The smallest absolute Gasteiger partial charge is 0.320 e. The molecule has 0 heterocycles. The van der Waals surface area contributed by atoms with E-state index < -0.39 is 0 Å². The number of hydrogen-bond acceptors (Lipinski definition) is 3. The molecule has 0 unspecified atom stereocenters. The van der Waals surface area contributed by atoms with E-state index in [4.69, 9.17) is 0 Å². The Morgan fingerprint density at radius 3 is 2.36 bits per heavy atom. The molecule has 0 aromatic carbocycles. The fraction of sp³-hybridized carbons (Fsp3) is 0.750. The SMILES string of the molecule is C[CH]OC(=O)CN(CC)CC. The third kappa shape index (κ3) is 4.79. The number of likely N-dealkylation sites (N-methyl/N-ethyl adjacent to an activating group) is 1. The highest BCUT2D eigenvalue weighted by Gasteiger charge is 2.06. The Labute approximate surface area is 68.3 Å². The lowest BCUT2D eigenvalue weighted by atomic mass is 10.5. The van der Waals surface area contributed by atoms with E-state index in [9.17, 15) is 4.79 Å². The number of esters is 1. The van der Waals surface area contributed by atoms with Crippen LogP contribution < -0.4 is 0 Å². The van der Waals surface area contributed by atoms with E-state index >= 15 is 0 Å². The summed E-state index contributed by atoms with van der Waals surface area (Å²) in [6.45, 7) is 9.30. The molecular formula is C8H16NO2. The number of rotatable bonds is 5. The fourth-order valence-corrected chi connectivity index (χ4v) is 0.799. The molecule has 3 nitrogen and oxygen atoms in total. The molecule has 0 aliphatic heterocycles. The van der Waals surface area contributed by atoms with Gasteiger partial charge in [0.1, 0.15) is 6.61 Å². The van der Waals surface area contributed by atoms with E-state index in [-0.39, 0.29) is 5.97 Å². The zero-order chi connectivity index (χ0) is 8.69. The van der Waals surface area contributed by atoms with Crippen LogP contribution in [0.5, 0.6) is 0 Å². The second kappa shape index (κ2) is 6.16. The van der Waals surface area contributed by atoms with Crippen molar-refractivity contribution >= 4 is 5.97 Å². The van der Waals surface area contributed by atoms with E-state index in [1.165, 1.54) is 6.61 Å². The maximum absolute atomic E-state index is 10.9. The predicted molar refractivity (Wildman–Crippen MR) is 43.9 cm³/mol. The second-order valence-electron chi connectivity index (χ2n) is 2.19. The van der Waals surface area contributed by atoms with Crippen LogP contribution in [0.1, 0.15) is 20.8 Å². The van der Waals surface area contributed by atoms with E-state index in [0.29, 0.717) is 6.54 Å². The summed E-state index contributed by atoms with van der Waals surface area (Å²) in [6.07, 6.45) is 0. The standard InChI is InChI=1S/C8H16NO2/c1-4-9(5-2)7-8(10)11-6-3/h6H,4-5,7H2,1-3H3. The van der Waals surface area contributed by atoms with E-state index in [1.54, 1.807) is 6.92 Å². The van der Waals surface area contributed by atoms with Crippen LogP contribution in [0.3, 0.4) is 0 Å². The Balaban J connectivity index is 3.54. The molecule has 3 heteroatoms. The van der Waals surface area contributed by atoms with Gasteiger partial charge in [0.05, 0.1) is 6.54 Å². The van der Waals surface area contributed by atoms with E-state index in [0.717, 1.165) is 13.1 Å². The summed E-state index contributed by atoms with van der Waals surface area (Å²) < 4.78 is 4.67. The molecule has 11 heavy (non-hydrogen) atoms. The summed E-state index contributed by atoms with van der Waals surface area (Å²) in [6, 6.07) is 0. The number of nitrogens with zero attached hydrogens (tertiary/aromatic N) is 1. The average Bonchev–Trinajstić information content (AvgIpc) is 2.01. The van der Waals surface area contributed by atoms with Gasteiger partial charge in [0.2, 0.25) is 0 Å². The summed E-state index contributed by atoms with van der Waals surface area (Å²) in [5, 5.41) is 0. The first-order chi connectivity index (χ1) is 5.24. The Kier molecular flexibility index (Phi) is 5.84. The van der Waals surface area contributed by atoms with E-state index in [1.807, 2.05) is 18.7 Å². The maximum Gasteiger partial charge on any atom is 0.320 e. The van der Waals surface area contributed by atoms with Gasteiger partial charge in [-0.2, -0.15) is 0 Å². The minimum Gasteiger partial charge on any atom is -0.458 e. The monoisotopic (exact) mass is 158 g/mol. The van der Waals surface area contributed by atoms with Crippen molar-refractivity contribution < 1.29 is 9.53 Å². The van der Waals surface area contributed by atoms with Crippen LogP contribution in [0.4, 0.5) is 0 Å². The quantitative estimate of drug-likeness (QED) is 0.560. The topological polar surface area (TPSA) is 29.5 Å². The molecule has 65 valence electrons. The molecule has 0 bridgehead atoms. The highest BCUT2D eigenvalue weighted by atomic mass is 16.5. The molecule has 0 aliphatic rings. The molecule has 0 fully saturated rings. The zero-order valence-electron chi connectivity index (χ0n) is 7.46. The molecule has 0 spiro atoms. The highest BCUT2D eigenvalue weighted by Crippen LogP contribution is 1.89. The third-order valence-corrected chi connectivity index (χ3v) is 1.50. The van der Waals surface area contributed by atoms with Crippen LogP contribution in [0.15, 0.2) is 0 Å². The summed E-state index contributed by atoms with van der Waals surface area (Å²) in [5.74, 6) is -0.184. The number of carbonyl (C=O) groups excluding carboxylic acids is 1. The normalized spacial score (nSPS) is 10.2. The van der Waals surface area contributed by atoms with Gasteiger partial charge in [-0.15, -0.1) is 0 Å². The van der Waals surface area contributed by atoms with Crippen molar-refractivity contribution in [2.45, 2.75) is 20.8 Å². The number of carbonyl (C=O) groups is 1. The molecule has 0 aromatic heterocycles. The lowest BCUT2D eigenvalue weighted by Gasteiger charge is -2.15. The van der Waals surface area contributed by atoms with Crippen molar-refractivity contribution in [3.05, 3.63) is 6.61 Å². The van der Waals surface area contributed by atoms with Crippen LogP contribution in [0.2, 0.25) is 0 Å². The van der Waals surface area contributed by atoms with Gasteiger partial charge in [-0.3, -0.25) is 9.69 Å². The Hall–Kier alpha value is -0.570. The summed E-state index contributed by atoms with van der Waals surface area (Å²) >= 11 is 0. The van der Waals surface area contributed by atoms with Gasteiger partial charge in [-0.1, -0.05) is 13.8 Å². The Morgan fingerprint density at radius 1 is 1.45 bits per heavy atom. The molecule has 0 N–H and O–H groups in total. The van der Waals surface area contributed by atoms with Crippen molar-refractivity contribution in [1.82, 2.24) is 4.90 Å². The van der Waals surface area contributed by atoms with Gasteiger partial charge in [0, 0.05) is 0 Å². The molecular weight excluding hydrogens is 142 g/mol. The van der Waals surface area contributed by atoms with Gasteiger partial charge in [0.25, 0.3) is 0 Å². The van der Waals surface area contributed by atoms with Gasteiger partial charge in [-0.25, -0.2) is 0 Å². The lowest BCUT2D eigenvalue weighted by molar-refractivity contribution is -0.141. The maximum atomic E-state index is 10.9. The molecule has 1 radical (unpaired) electrons. The summed E-state index contributed by atoms with van der Waals surface area (Å²) in [4.78, 5) is 12.9. The van der Waals surface area contributed by atoms with Gasteiger partial charge >= 0.3 is 5.97 Å². The zero-order valence-corrected chi connectivity index (χ0v) is 7.46. The fourth-order valence-electron chi connectivity index (χ4n) is 0.799. The van der Waals surface area contributed by atoms with Crippen molar-refractivity contribution in [3.63, 3.8) is 0 Å². The first kappa shape index (κ1) is 10.4. The molecule has 0 saturated carbocycles. The van der Waals surface area contributed by atoms with Crippen molar-refractivity contribution in [3.8, 4) is 0 Å². The van der Waals surface area contributed by atoms with Crippen LogP contribution in [-0.2, 0) is 9.53 Å². The second-order valence-corrected chi connectivity index (χ2v) is 2.19. The van der Waals surface area contributed by atoms with Crippen LogP contribution in [0, 0.1) is 6.61 Å². The van der Waals surface area contributed by atoms with Crippen LogP contribution in [0.25, 0.3) is 0 Å². The lowest BCUT2D eigenvalue weighted by Crippen LogP contribution is -2.30. The minimum atomic E-state index is -0.184. The largest absolute Gasteiger partial charge is 0.458 e. The first-order valence-electron chi connectivity index (χ1n) is 3.94. The first-order valence-corrected chi connectivity index (χ1v) is 3.94. The van der Waals surface area contributed by atoms with Gasteiger partial charge in [-0.05, 0) is 20.0 Å². The number of ether oxygens (including phenoxy) is 1. The summed E-state index contributed by atoms with van der Waals surface area (Å²) in [5.41, 5.74) is 0. The Morgan fingerprint density at radius 2 is 2.00 bits per heavy atom. The highest BCUT2D eigenvalue weighted by molar-refractivity contribution is 5.71. The van der Waals surface area contributed by atoms with Crippen LogP contribution >= 0.6 is 0 Å². The molecule has 0 aliphatic carbocycles. The van der Waals surface area contributed by atoms with Crippen molar-refractivity contribution in [1.29, 1.82) is 0 Å². The third-order valence-electron chi connectivity index (χ3n) is 1.50. The molecule has 0 amide bonds.